The van der Waals surface area contributed by atoms with Crippen LogP contribution in [-0.4, -0.2) is 40.7 Å². The van der Waals surface area contributed by atoms with Gasteiger partial charge in [0.1, 0.15) is 5.82 Å². The minimum absolute atomic E-state index is 0.0693. The van der Waals surface area contributed by atoms with Crippen molar-refractivity contribution in [3.8, 4) is 0 Å². The van der Waals surface area contributed by atoms with Gasteiger partial charge in [0.2, 0.25) is 0 Å². The first kappa shape index (κ1) is 15.2. The van der Waals surface area contributed by atoms with Crippen molar-refractivity contribution in [3.63, 3.8) is 0 Å². The zero-order valence-electron chi connectivity index (χ0n) is 11.9. The van der Waals surface area contributed by atoms with E-state index in [2.05, 4.69) is 20.0 Å². The molecule has 1 aliphatic rings. The van der Waals surface area contributed by atoms with Crippen LogP contribution in [0.4, 0.5) is 5.82 Å². The Kier molecular flexibility index (Phi) is 5.08. The third-order valence-corrected chi connectivity index (χ3v) is 3.80. The third-order valence-electron chi connectivity index (χ3n) is 3.80. The summed E-state index contributed by atoms with van der Waals surface area (Å²) in [7, 11) is 1.28. The number of carboxylic acid groups (broad SMARTS) is 1. The van der Waals surface area contributed by atoms with Crippen LogP contribution in [0.3, 0.4) is 0 Å². The number of esters is 1. The normalized spacial score (nSPS) is 21.6. The van der Waals surface area contributed by atoms with E-state index in [1.807, 2.05) is 0 Å². The maximum absolute atomic E-state index is 11.4. The zero-order chi connectivity index (χ0) is 15.2. The number of rotatable bonds is 5. The lowest BCUT2D eigenvalue weighted by atomic mass is 9.79. The topological polar surface area (TPSA) is 101 Å². The first-order valence-corrected chi connectivity index (χ1v) is 6.99. The number of methoxy groups -OCH3 is 1. The second-order valence-corrected chi connectivity index (χ2v) is 5.15. The fraction of sp³-hybridized carbons (Fsp3) is 0.571. The number of aromatic nitrogens is 2. The van der Waals surface area contributed by atoms with Crippen molar-refractivity contribution in [3.05, 3.63) is 18.1 Å². The molecule has 1 heterocycles. The highest BCUT2D eigenvalue weighted by molar-refractivity contribution is 5.87. The molecule has 0 aromatic carbocycles. The highest BCUT2D eigenvalue weighted by Crippen LogP contribution is 2.30. The van der Waals surface area contributed by atoms with Crippen LogP contribution in [-0.2, 0) is 9.53 Å². The van der Waals surface area contributed by atoms with E-state index in [1.54, 1.807) is 0 Å². The highest BCUT2D eigenvalue weighted by atomic mass is 16.5. The monoisotopic (exact) mass is 293 g/mol. The van der Waals surface area contributed by atoms with Gasteiger partial charge in [-0.25, -0.2) is 9.78 Å². The first-order chi connectivity index (χ1) is 10.1. The van der Waals surface area contributed by atoms with Gasteiger partial charge in [0.15, 0.2) is 5.69 Å². The van der Waals surface area contributed by atoms with Crippen molar-refractivity contribution in [1.29, 1.82) is 0 Å². The molecule has 114 valence electrons. The summed E-state index contributed by atoms with van der Waals surface area (Å²) in [6.45, 7) is 0.510. The van der Waals surface area contributed by atoms with Crippen LogP contribution >= 0.6 is 0 Å². The van der Waals surface area contributed by atoms with Crippen LogP contribution in [0, 0.1) is 11.8 Å². The fourth-order valence-corrected chi connectivity index (χ4v) is 2.67. The second-order valence-electron chi connectivity index (χ2n) is 5.15. The van der Waals surface area contributed by atoms with Crippen molar-refractivity contribution in [2.24, 2.45) is 11.8 Å². The molecule has 1 fully saturated rings. The van der Waals surface area contributed by atoms with E-state index >= 15 is 0 Å². The number of carbonyl (C=O) groups is 2. The SMILES string of the molecule is COC(=O)c1cncc(NCC2CCCCC2C(=O)O)n1. The minimum Gasteiger partial charge on any atom is -0.481 e. The number of hydrogen-bond acceptors (Lipinski definition) is 6. The van der Waals surface area contributed by atoms with Gasteiger partial charge in [-0.3, -0.25) is 9.78 Å². The van der Waals surface area contributed by atoms with Crippen LogP contribution in [0.2, 0.25) is 0 Å². The summed E-state index contributed by atoms with van der Waals surface area (Å²) in [5.74, 6) is -1.08. The Balaban J connectivity index is 1.98. The molecule has 0 spiro atoms. The highest BCUT2D eigenvalue weighted by Gasteiger charge is 2.30. The van der Waals surface area contributed by atoms with E-state index in [4.69, 9.17) is 0 Å². The Hall–Kier alpha value is -2.18. The summed E-state index contributed by atoms with van der Waals surface area (Å²) in [5, 5.41) is 12.3. The Morgan fingerprint density at radius 2 is 2.14 bits per heavy atom. The molecule has 2 rings (SSSR count). The van der Waals surface area contributed by atoms with Gasteiger partial charge >= 0.3 is 11.9 Å². The largest absolute Gasteiger partial charge is 0.481 e. The molecule has 0 bridgehead atoms. The Labute approximate surface area is 122 Å². The molecule has 2 N–H and O–H groups in total. The van der Waals surface area contributed by atoms with Crippen molar-refractivity contribution >= 4 is 17.8 Å². The summed E-state index contributed by atoms with van der Waals surface area (Å²) < 4.78 is 4.59. The molecule has 1 aromatic rings. The quantitative estimate of drug-likeness (QED) is 0.794. The number of nitrogens with one attached hydrogen (secondary N) is 1. The molecule has 0 radical (unpaired) electrons. The summed E-state index contributed by atoms with van der Waals surface area (Å²) in [6, 6.07) is 0. The summed E-state index contributed by atoms with van der Waals surface area (Å²) in [5.41, 5.74) is 0.126. The standard InChI is InChI=1S/C14H19N3O4/c1-21-14(20)11-7-15-8-12(17-11)16-6-9-4-2-3-5-10(9)13(18)19/h7-10H,2-6H2,1H3,(H,16,17)(H,18,19). The molecule has 7 nitrogen and oxygen atoms in total. The molecule has 0 amide bonds. The smallest absolute Gasteiger partial charge is 0.358 e. The van der Waals surface area contributed by atoms with Crippen LogP contribution in [0.5, 0.6) is 0 Å². The van der Waals surface area contributed by atoms with E-state index < -0.39 is 11.9 Å². The van der Waals surface area contributed by atoms with Gasteiger partial charge in [-0.15, -0.1) is 0 Å². The Morgan fingerprint density at radius 3 is 2.86 bits per heavy atom. The number of anilines is 1. The lowest BCUT2D eigenvalue weighted by Gasteiger charge is -2.28. The average Bonchev–Trinajstić information content (AvgIpc) is 2.52. The molecule has 0 aliphatic heterocycles. The fourth-order valence-electron chi connectivity index (χ4n) is 2.67. The number of hydrogen-bond donors (Lipinski definition) is 2. The predicted octanol–water partition coefficient (Wildman–Crippen LogP) is 1.57. The van der Waals surface area contributed by atoms with Crippen molar-refractivity contribution in [1.82, 2.24) is 9.97 Å². The van der Waals surface area contributed by atoms with Crippen molar-refractivity contribution < 1.29 is 19.4 Å². The number of carbonyl (C=O) groups excluding carboxylic acids is 1. The summed E-state index contributed by atoms with van der Waals surface area (Å²) in [6.07, 6.45) is 6.45. The summed E-state index contributed by atoms with van der Waals surface area (Å²) >= 11 is 0. The molecule has 0 saturated heterocycles. The van der Waals surface area contributed by atoms with E-state index in [9.17, 15) is 14.7 Å². The van der Waals surface area contributed by atoms with Crippen molar-refractivity contribution in [2.45, 2.75) is 25.7 Å². The van der Waals surface area contributed by atoms with E-state index in [-0.39, 0.29) is 17.5 Å². The van der Waals surface area contributed by atoms with Gasteiger partial charge in [0.25, 0.3) is 0 Å². The predicted molar refractivity (Wildman–Crippen MR) is 74.9 cm³/mol. The van der Waals surface area contributed by atoms with E-state index in [1.165, 1.54) is 19.5 Å². The molecule has 2 atom stereocenters. The van der Waals surface area contributed by atoms with Gasteiger partial charge < -0.3 is 15.2 Å². The van der Waals surface area contributed by atoms with Crippen LogP contribution in [0.15, 0.2) is 12.4 Å². The lowest BCUT2D eigenvalue weighted by Crippen LogP contribution is -2.32. The number of aliphatic carboxylic acids is 1. The minimum atomic E-state index is -0.740. The van der Waals surface area contributed by atoms with Gasteiger partial charge in [0.05, 0.1) is 25.4 Å². The molecule has 21 heavy (non-hydrogen) atoms. The summed E-state index contributed by atoms with van der Waals surface area (Å²) in [4.78, 5) is 30.7. The van der Waals surface area contributed by atoms with Gasteiger partial charge in [0, 0.05) is 6.54 Å². The second kappa shape index (κ2) is 7.01. The van der Waals surface area contributed by atoms with Crippen LogP contribution < -0.4 is 5.32 Å². The maximum Gasteiger partial charge on any atom is 0.358 e. The van der Waals surface area contributed by atoms with Crippen LogP contribution in [0.25, 0.3) is 0 Å². The molecular formula is C14H19N3O4. The van der Waals surface area contributed by atoms with E-state index in [0.717, 1.165) is 25.7 Å². The first-order valence-electron chi connectivity index (χ1n) is 6.99. The molecule has 7 heteroatoms. The van der Waals surface area contributed by atoms with Gasteiger partial charge in [-0.1, -0.05) is 12.8 Å². The van der Waals surface area contributed by atoms with Crippen LogP contribution in [0.1, 0.15) is 36.2 Å². The molecule has 2 unspecified atom stereocenters. The Bertz CT molecular complexity index is 521. The van der Waals surface area contributed by atoms with Gasteiger partial charge in [-0.05, 0) is 18.8 Å². The lowest BCUT2D eigenvalue weighted by molar-refractivity contribution is -0.144. The average molecular weight is 293 g/mol. The number of carboxylic acids is 1. The third kappa shape index (κ3) is 3.90. The molecule has 1 aromatic heterocycles. The molecule has 1 saturated carbocycles. The van der Waals surface area contributed by atoms with E-state index in [0.29, 0.717) is 12.4 Å². The number of nitrogens with zero attached hydrogens (tertiary/aromatic N) is 2. The Morgan fingerprint density at radius 1 is 1.38 bits per heavy atom. The molecular weight excluding hydrogens is 274 g/mol. The zero-order valence-corrected chi connectivity index (χ0v) is 11.9. The molecule has 1 aliphatic carbocycles. The number of ether oxygens (including phenoxy) is 1. The van der Waals surface area contributed by atoms with Gasteiger partial charge in [-0.2, -0.15) is 0 Å². The maximum atomic E-state index is 11.4. The van der Waals surface area contributed by atoms with Crippen molar-refractivity contribution in [2.75, 3.05) is 19.0 Å².